The SMILES string of the molecule is COc1ccc(-n2c(C)cc(C3C(c4ccccn4)NC(=S)N3CC(C)C)c2C)cc1. The van der Waals surface area contributed by atoms with Crippen LogP contribution in [0.15, 0.2) is 54.7 Å². The predicted octanol–water partition coefficient (Wildman–Crippen LogP) is 5.13. The van der Waals surface area contributed by atoms with Gasteiger partial charge in [-0.1, -0.05) is 19.9 Å². The number of aryl methyl sites for hydroxylation is 1. The molecule has 0 aliphatic carbocycles. The van der Waals surface area contributed by atoms with Crippen molar-refractivity contribution in [1.82, 2.24) is 19.8 Å². The molecule has 0 saturated carbocycles. The molecule has 5 nitrogen and oxygen atoms in total. The smallest absolute Gasteiger partial charge is 0.170 e. The summed E-state index contributed by atoms with van der Waals surface area (Å²) < 4.78 is 7.64. The van der Waals surface area contributed by atoms with Crippen LogP contribution in [0.5, 0.6) is 5.75 Å². The number of pyridine rings is 1. The van der Waals surface area contributed by atoms with E-state index in [9.17, 15) is 0 Å². The van der Waals surface area contributed by atoms with Crippen molar-refractivity contribution in [2.24, 2.45) is 5.92 Å². The predicted molar refractivity (Wildman–Crippen MR) is 129 cm³/mol. The van der Waals surface area contributed by atoms with E-state index in [-0.39, 0.29) is 12.1 Å². The van der Waals surface area contributed by atoms with Crippen LogP contribution in [-0.4, -0.2) is 33.2 Å². The lowest BCUT2D eigenvalue weighted by atomic mass is 9.96. The molecule has 0 bridgehead atoms. The average Bonchev–Trinajstić information content (AvgIpc) is 3.24. The summed E-state index contributed by atoms with van der Waals surface area (Å²) in [6.07, 6.45) is 1.85. The van der Waals surface area contributed by atoms with Crippen LogP contribution in [0.25, 0.3) is 5.69 Å². The Bertz CT molecular complexity index is 1060. The van der Waals surface area contributed by atoms with Crippen LogP contribution in [0.4, 0.5) is 0 Å². The van der Waals surface area contributed by atoms with Crippen LogP contribution in [-0.2, 0) is 0 Å². The molecule has 0 amide bonds. The molecule has 1 N–H and O–H groups in total. The summed E-state index contributed by atoms with van der Waals surface area (Å²) in [5.74, 6) is 1.35. The summed E-state index contributed by atoms with van der Waals surface area (Å²) in [6.45, 7) is 9.70. The van der Waals surface area contributed by atoms with Gasteiger partial charge in [0, 0.05) is 29.8 Å². The maximum atomic E-state index is 5.78. The van der Waals surface area contributed by atoms with Gasteiger partial charge in [-0.15, -0.1) is 0 Å². The fourth-order valence-corrected chi connectivity index (χ4v) is 4.86. The minimum atomic E-state index is 0.0114. The van der Waals surface area contributed by atoms with Crippen molar-refractivity contribution >= 4 is 17.3 Å². The number of ether oxygens (including phenoxy) is 1. The molecule has 162 valence electrons. The Labute approximate surface area is 190 Å². The van der Waals surface area contributed by atoms with Gasteiger partial charge in [0.2, 0.25) is 0 Å². The van der Waals surface area contributed by atoms with E-state index in [0.717, 1.165) is 28.8 Å². The zero-order valence-corrected chi connectivity index (χ0v) is 19.6. The molecule has 1 aliphatic rings. The van der Waals surface area contributed by atoms with Crippen molar-refractivity contribution in [2.75, 3.05) is 13.7 Å². The van der Waals surface area contributed by atoms with Crippen LogP contribution >= 0.6 is 12.2 Å². The average molecular weight is 435 g/mol. The van der Waals surface area contributed by atoms with E-state index < -0.39 is 0 Å². The van der Waals surface area contributed by atoms with Crippen LogP contribution in [0.3, 0.4) is 0 Å². The number of nitrogens with zero attached hydrogens (tertiary/aromatic N) is 3. The fraction of sp³-hybridized carbons (Fsp3) is 0.360. The number of benzene rings is 1. The first kappa shape index (κ1) is 21.4. The molecule has 1 saturated heterocycles. The lowest BCUT2D eigenvalue weighted by molar-refractivity contribution is 0.287. The molecule has 1 aliphatic heterocycles. The molecule has 0 spiro atoms. The lowest BCUT2D eigenvalue weighted by Crippen LogP contribution is -2.33. The molecule has 4 rings (SSSR count). The lowest BCUT2D eigenvalue weighted by Gasteiger charge is -2.29. The van der Waals surface area contributed by atoms with E-state index in [0.29, 0.717) is 5.92 Å². The van der Waals surface area contributed by atoms with Gasteiger partial charge in [0.25, 0.3) is 0 Å². The zero-order chi connectivity index (χ0) is 22.1. The number of hydrogen-bond acceptors (Lipinski definition) is 3. The number of aromatic nitrogens is 2. The summed E-state index contributed by atoms with van der Waals surface area (Å²) in [5.41, 5.74) is 5.82. The van der Waals surface area contributed by atoms with E-state index in [2.05, 4.69) is 71.7 Å². The van der Waals surface area contributed by atoms with Gasteiger partial charge in [-0.25, -0.2) is 0 Å². The molecule has 2 aromatic heterocycles. The van der Waals surface area contributed by atoms with Crippen molar-refractivity contribution < 1.29 is 4.74 Å². The van der Waals surface area contributed by atoms with E-state index >= 15 is 0 Å². The van der Waals surface area contributed by atoms with E-state index in [1.165, 1.54) is 17.0 Å². The maximum Gasteiger partial charge on any atom is 0.170 e. The van der Waals surface area contributed by atoms with Gasteiger partial charge in [-0.05, 0) is 80.0 Å². The third-order valence-corrected chi connectivity index (χ3v) is 6.23. The molecule has 3 aromatic rings. The molecule has 6 heteroatoms. The van der Waals surface area contributed by atoms with Crippen molar-refractivity contribution in [3.8, 4) is 11.4 Å². The quantitative estimate of drug-likeness (QED) is 0.545. The Kier molecular flexibility index (Phi) is 6.01. The summed E-state index contributed by atoms with van der Waals surface area (Å²) in [4.78, 5) is 6.98. The molecule has 2 atom stereocenters. The number of methoxy groups -OCH3 is 1. The van der Waals surface area contributed by atoms with Crippen LogP contribution < -0.4 is 10.1 Å². The van der Waals surface area contributed by atoms with Gasteiger partial charge in [-0.3, -0.25) is 4.98 Å². The van der Waals surface area contributed by atoms with Gasteiger partial charge in [0.1, 0.15) is 5.75 Å². The Morgan fingerprint density at radius 1 is 1.13 bits per heavy atom. The highest BCUT2D eigenvalue weighted by Crippen LogP contribution is 2.41. The minimum absolute atomic E-state index is 0.0114. The molecule has 0 radical (unpaired) electrons. The topological polar surface area (TPSA) is 42.3 Å². The maximum absolute atomic E-state index is 5.78. The zero-order valence-electron chi connectivity index (χ0n) is 18.8. The molecular weight excluding hydrogens is 404 g/mol. The first-order chi connectivity index (χ1) is 14.9. The fourth-order valence-electron chi connectivity index (χ4n) is 4.55. The Hall–Kier alpha value is -2.86. The molecule has 31 heavy (non-hydrogen) atoms. The van der Waals surface area contributed by atoms with Gasteiger partial charge < -0.3 is 19.5 Å². The van der Waals surface area contributed by atoms with Crippen LogP contribution in [0, 0.1) is 19.8 Å². The van der Waals surface area contributed by atoms with Crippen molar-refractivity contribution in [2.45, 2.75) is 39.8 Å². The van der Waals surface area contributed by atoms with E-state index in [4.69, 9.17) is 17.0 Å². The third kappa shape index (κ3) is 4.04. The molecule has 2 unspecified atom stereocenters. The normalized spacial score (nSPS) is 18.5. The van der Waals surface area contributed by atoms with Crippen LogP contribution in [0.2, 0.25) is 0 Å². The summed E-state index contributed by atoms with van der Waals surface area (Å²) >= 11 is 5.78. The molecule has 1 fully saturated rings. The Balaban J connectivity index is 1.81. The van der Waals surface area contributed by atoms with Crippen molar-refractivity contribution in [3.05, 3.63) is 77.4 Å². The van der Waals surface area contributed by atoms with Gasteiger partial charge in [0.15, 0.2) is 5.11 Å². The molecule has 1 aromatic carbocycles. The second-order valence-electron chi connectivity index (χ2n) is 8.53. The standard InChI is InChI=1S/C25H30N4OS/c1-16(2)15-28-24(23(27-25(28)31)22-8-6-7-13-26-22)21-14-17(3)29(18(21)4)19-9-11-20(30-5)12-10-19/h6-14,16,23-24H,15H2,1-5H3,(H,27,31). The summed E-state index contributed by atoms with van der Waals surface area (Å²) in [6, 6.07) is 16.7. The third-order valence-electron chi connectivity index (χ3n) is 5.88. The summed E-state index contributed by atoms with van der Waals surface area (Å²) in [5, 5.41) is 4.35. The number of nitrogens with one attached hydrogen (secondary N) is 1. The summed E-state index contributed by atoms with van der Waals surface area (Å²) in [7, 11) is 1.69. The highest BCUT2D eigenvalue weighted by molar-refractivity contribution is 7.80. The monoisotopic (exact) mass is 434 g/mol. The number of rotatable bonds is 6. The molecular formula is C25H30N4OS. The van der Waals surface area contributed by atoms with Gasteiger partial charge in [-0.2, -0.15) is 0 Å². The van der Waals surface area contributed by atoms with E-state index in [1.807, 2.05) is 30.5 Å². The van der Waals surface area contributed by atoms with Crippen LogP contribution in [0.1, 0.15) is 48.6 Å². The van der Waals surface area contributed by atoms with E-state index in [1.54, 1.807) is 7.11 Å². The Morgan fingerprint density at radius 2 is 1.87 bits per heavy atom. The molecule has 3 heterocycles. The Morgan fingerprint density at radius 3 is 2.48 bits per heavy atom. The largest absolute Gasteiger partial charge is 0.497 e. The van der Waals surface area contributed by atoms with Crippen molar-refractivity contribution in [1.29, 1.82) is 0 Å². The van der Waals surface area contributed by atoms with Gasteiger partial charge >= 0.3 is 0 Å². The highest BCUT2D eigenvalue weighted by Gasteiger charge is 2.41. The first-order valence-electron chi connectivity index (χ1n) is 10.7. The first-order valence-corrected chi connectivity index (χ1v) is 11.1. The highest BCUT2D eigenvalue weighted by atomic mass is 32.1. The van der Waals surface area contributed by atoms with Gasteiger partial charge in [0.05, 0.1) is 24.9 Å². The minimum Gasteiger partial charge on any atom is -0.497 e. The number of hydrogen-bond donors (Lipinski definition) is 1. The second-order valence-corrected chi connectivity index (χ2v) is 8.92. The van der Waals surface area contributed by atoms with Crippen molar-refractivity contribution in [3.63, 3.8) is 0 Å². The second kappa shape index (κ2) is 8.71. The number of thiocarbonyl (C=S) groups is 1.